The lowest BCUT2D eigenvalue weighted by Gasteiger charge is -2.19. The molecule has 4 heteroatoms. The standard InChI is InChI=1S/C16H24FNO2/c1-12(2)19-9-10-20-16(11-18-15-7-8-15)13-3-5-14(17)6-4-13/h3-6,12,15-16,18H,7-11H2,1-2H3. The van der Waals surface area contributed by atoms with Gasteiger partial charge in [0.1, 0.15) is 5.82 Å². The molecule has 0 aliphatic heterocycles. The molecule has 1 aromatic rings. The molecule has 0 saturated heterocycles. The molecule has 1 fully saturated rings. The SMILES string of the molecule is CC(C)OCCOC(CNC1CC1)c1ccc(F)cc1. The van der Waals surface area contributed by atoms with Crippen molar-refractivity contribution in [1.82, 2.24) is 5.32 Å². The van der Waals surface area contributed by atoms with E-state index in [1.807, 2.05) is 13.8 Å². The number of halogens is 1. The summed E-state index contributed by atoms with van der Waals surface area (Å²) in [6, 6.07) is 7.17. The van der Waals surface area contributed by atoms with E-state index in [1.54, 1.807) is 12.1 Å². The summed E-state index contributed by atoms with van der Waals surface area (Å²) in [7, 11) is 0. The predicted molar refractivity (Wildman–Crippen MR) is 77.2 cm³/mol. The van der Waals surface area contributed by atoms with Crippen molar-refractivity contribution in [2.45, 2.75) is 44.9 Å². The first kappa shape index (κ1) is 15.4. The summed E-state index contributed by atoms with van der Waals surface area (Å²) < 4.78 is 24.4. The maximum atomic E-state index is 13.0. The number of hydrogen-bond acceptors (Lipinski definition) is 3. The zero-order valence-electron chi connectivity index (χ0n) is 12.3. The van der Waals surface area contributed by atoms with E-state index in [2.05, 4.69) is 5.32 Å². The third-order valence-electron chi connectivity index (χ3n) is 3.26. The molecule has 1 aliphatic rings. The minimum Gasteiger partial charge on any atom is -0.376 e. The van der Waals surface area contributed by atoms with Gasteiger partial charge in [0.05, 0.1) is 25.4 Å². The van der Waals surface area contributed by atoms with Crippen molar-refractivity contribution in [3.05, 3.63) is 35.6 Å². The number of ether oxygens (including phenoxy) is 2. The largest absolute Gasteiger partial charge is 0.376 e. The Balaban J connectivity index is 1.83. The summed E-state index contributed by atoms with van der Waals surface area (Å²) in [6.45, 7) is 5.90. The summed E-state index contributed by atoms with van der Waals surface area (Å²) in [5, 5.41) is 3.46. The number of rotatable bonds is 9. The van der Waals surface area contributed by atoms with Crippen LogP contribution in [0.2, 0.25) is 0 Å². The molecule has 1 aliphatic carbocycles. The monoisotopic (exact) mass is 281 g/mol. The zero-order chi connectivity index (χ0) is 14.4. The molecule has 112 valence electrons. The average molecular weight is 281 g/mol. The van der Waals surface area contributed by atoms with E-state index in [4.69, 9.17) is 9.47 Å². The van der Waals surface area contributed by atoms with Crippen molar-refractivity contribution in [2.24, 2.45) is 0 Å². The van der Waals surface area contributed by atoms with Crippen LogP contribution in [0.25, 0.3) is 0 Å². The molecule has 0 spiro atoms. The van der Waals surface area contributed by atoms with Gasteiger partial charge in [0, 0.05) is 12.6 Å². The van der Waals surface area contributed by atoms with E-state index >= 15 is 0 Å². The summed E-state index contributed by atoms with van der Waals surface area (Å²) in [4.78, 5) is 0. The van der Waals surface area contributed by atoms with Gasteiger partial charge in [-0.05, 0) is 44.4 Å². The van der Waals surface area contributed by atoms with Crippen molar-refractivity contribution in [3.63, 3.8) is 0 Å². The van der Waals surface area contributed by atoms with Crippen LogP contribution >= 0.6 is 0 Å². The summed E-state index contributed by atoms with van der Waals surface area (Å²) >= 11 is 0. The number of benzene rings is 1. The highest BCUT2D eigenvalue weighted by Crippen LogP contribution is 2.22. The Hall–Kier alpha value is -0.970. The van der Waals surface area contributed by atoms with Gasteiger partial charge in [0.2, 0.25) is 0 Å². The summed E-state index contributed by atoms with van der Waals surface area (Å²) in [6.07, 6.45) is 2.65. The molecule has 2 rings (SSSR count). The highest BCUT2D eigenvalue weighted by atomic mass is 19.1. The van der Waals surface area contributed by atoms with Crippen LogP contribution in [-0.2, 0) is 9.47 Å². The lowest BCUT2D eigenvalue weighted by atomic mass is 10.1. The van der Waals surface area contributed by atoms with Crippen molar-refractivity contribution >= 4 is 0 Å². The minimum atomic E-state index is -0.217. The molecule has 0 amide bonds. The Bertz CT molecular complexity index is 390. The van der Waals surface area contributed by atoms with Gasteiger partial charge in [-0.1, -0.05) is 12.1 Å². The Kier molecular flexibility index (Phi) is 5.95. The van der Waals surface area contributed by atoms with E-state index in [-0.39, 0.29) is 18.0 Å². The first-order valence-corrected chi connectivity index (χ1v) is 7.37. The van der Waals surface area contributed by atoms with Gasteiger partial charge in [-0.3, -0.25) is 0 Å². The van der Waals surface area contributed by atoms with E-state index < -0.39 is 0 Å². The molecular formula is C16H24FNO2. The molecule has 1 aromatic carbocycles. The van der Waals surface area contributed by atoms with Gasteiger partial charge in [0.15, 0.2) is 0 Å². The molecule has 20 heavy (non-hydrogen) atoms. The van der Waals surface area contributed by atoms with E-state index in [9.17, 15) is 4.39 Å². The Morgan fingerprint density at radius 2 is 1.80 bits per heavy atom. The zero-order valence-corrected chi connectivity index (χ0v) is 12.3. The summed E-state index contributed by atoms with van der Waals surface area (Å²) in [5.41, 5.74) is 1.00. The van der Waals surface area contributed by atoms with Crippen LogP contribution in [0.1, 0.15) is 38.4 Å². The molecule has 1 unspecified atom stereocenters. The first-order valence-electron chi connectivity index (χ1n) is 7.37. The normalized spacial score (nSPS) is 16.6. The maximum Gasteiger partial charge on any atom is 0.123 e. The fraction of sp³-hybridized carbons (Fsp3) is 0.625. The molecular weight excluding hydrogens is 257 g/mol. The Labute approximate surface area is 120 Å². The highest BCUT2D eigenvalue weighted by molar-refractivity contribution is 5.19. The highest BCUT2D eigenvalue weighted by Gasteiger charge is 2.22. The minimum absolute atomic E-state index is 0.0491. The van der Waals surface area contributed by atoms with Crippen LogP contribution < -0.4 is 5.32 Å². The molecule has 0 radical (unpaired) electrons. The molecule has 0 heterocycles. The fourth-order valence-electron chi connectivity index (χ4n) is 1.99. The van der Waals surface area contributed by atoms with E-state index in [0.717, 1.165) is 12.1 Å². The van der Waals surface area contributed by atoms with Gasteiger partial charge >= 0.3 is 0 Å². The molecule has 3 nitrogen and oxygen atoms in total. The number of nitrogens with one attached hydrogen (secondary N) is 1. The van der Waals surface area contributed by atoms with Gasteiger partial charge in [-0.15, -0.1) is 0 Å². The van der Waals surface area contributed by atoms with Crippen LogP contribution in [0, 0.1) is 5.82 Å². The van der Waals surface area contributed by atoms with Gasteiger partial charge in [-0.2, -0.15) is 0 Å². The van der Waals surface area contributed by atoms with Crippen LogP contribution in [0.5, 0.6) is 0 Å². The molecule has 0 aromatic heterocycles. The van der Waals surface area contributed by atoms with Crippen molar-refractivity contribution in [1.29, 1.82) is 0 Å². The number of hydrogen-bond donors (Lipinski definition) is 1. The van der Waals surface area contributed by atoms with E-state index in [1.165, 1.54) is 25.0 Å². The lowest BCUT2D eigenvalue weighted by Crippen LogP contribution is -2.26. The predicted octanol–water partition coefficient (Wildman–Crippen LogP) is 3.06. The van der Waals surface area contributed by atoms with Crippen LogP contribution in [0.4, 0.5) is 4.39 Å². The second-order valence-electron chi connectivity index (χ2n) is 5.51. The molecule has 1 saturated carbocycles. The molecule has 1 N–H and O–H groups in total. The van der Waals surface area contributed by atoms with Gasteiger partial charge in [-0.25, -0.2) is 4.39 Å². The third-order valence-corrected chi connectivity index (χ3v) is 3.26. The third kappa shape index (κ3) is 5.57. The average Bonchev–Trinajstić information content (AvgIpc) is 3.23. The lowest BCUT2D eigenvalue weighted by molar-refractivity contribution is -0.0131. The second kappa shape index (κ2) is 7.72. The molecule has 0 bridgehead atoms. The maximum absolute atomic E-state index is 13.0. The quantitative estimate of drug-likeness (QED) is 0.706. The smallest absolute Gasteiger partial charge is 0.123 e. The first-order chi connectivity index (χ1) is 9.65. The Morgan fingerprint density at radius 3 is 2.40 bits per heavy atom. The second-order valence-corrected chi connectivity index (χ2v) is 5.51. The van der Waals surface area contributed by atoms with Gasteiger partial charge in [0.25, 0.3) is 0 Å². The Morgan fingerprint density at radius 1 is 1.15 bits per heavy atom. The van der Waals surface area contributed by atoms with Crippen LogP contribution in [-0.4, -0.2) is 31.9 Å². The van der Waals surface area contributed by atoms with Crippen LogP contribution in [0.3, 0.4) is 0 Å². The fourth-order valence-corrected chi connectivity index (χ4v) is 1.99. The van der Waals surface area contributed by atoms with Crippen LogP contribution in [0.15, 0.2) is 24.3 Å². The van der Waals surface area contributed by atoms with Gasteiger partial charge < -0.3 is 14.8 Å². The van der Waals surface area contributed by atoms with Crippen molar-refractivity contribution < 1.29 is 13.9 Å². The topological polar surface area (TPSA) is 30.5 Å². The molecule has 1 atom stereocenters. The van der Waals surface area contributed by atoms with E-state index in [0.29, 0.717) is 19.3 Å². The summed E-state index contributed by atoms with van der Waals surface area (Å²) in [5.74, 6) is -0.217. The van der Waals surface area contributed by atoms with Crippen molar-refractivity contribution in [3.8, 4) is 0 Å². The van der Waals surface area contributed by atoms with Crippen molar-refractivity contribution in [2.75, 3.05) is 19.8 Å².